The number of benzene rings is 1. The predicted molar refractivity (Wildman–Crippen MR) is 56.7 cm³/mol. The number of hydrogen-bond acceptors (Lipinski definition) is 6. The predicted octanol–water partition coefficient (Wildman–Crippen LogP) is 1.30. The average Bonchev–Trinajstić information content (AvgIpc) is 2.25. The average molecular weight is 273 g/mol. The van der Waals surface area contributed by atoms with Crippen molar-refractivity contribution in [1.29, 1.82) is 10.7 Å². The first-order chi connectivity index (χ1) is 8.19. The van der Waals surface area contributed by atoms with E-state index >= 15 is 0 Å². The van der Waals surface area contributed by atoms with E-state index in [0.717, 1.165) is 12.1 Å². The molecule has 0 aromatic heterocycles. The lowest BCUT2D eigenvalue weighted by atomic mass is 10.2. The first-order valence-corrected chi connectivity index (χ1v) is 5.32. The van der Waals surface area contributed by atoms with Crippen LogP contribution in [-0.4, -0.2) is 22.4 Å². The van der Waals surface area contributed by atoms with Crippen LogP contribution in [0.3, 0.4) is 0 Å². The zero-order chi connectivity index (χ0) is 14.3. The Balaban J connectivity index is 0.000000494. The van der Waals surface area contributed by atoms with Crippen LogP contribution in [0.4, 0.5) is 11.4 Å². The molecule has 0 fully saturated rings. The lowest BCUT2D eigenvalue weighted by molar-refractivity contribution is -0.384. The van der Waals surface area contributed by atoms with Gasteiger partial charge in [0.2, 0.25) is 5.39 Å². The van der Waals surface area contributed by atoms with Crippen molar-refractivity contribution in [2.24, 2.45) is 0 Å². The third-order valence-electron chi connectivity index (χ3n) is 1.42. The zero-order valence-electron chi connectivity index (χ0n) is 8.46. The van der Waals surface area contributed by atoms with Gasteiger partial charge in [0.15, 0.2) is 10.5 Å². The highest BCUT2D eigenvalue weighted by Crippen LogP contribution is 2.23. The fourth-order valence-electron chi connectivity index (χ4n) is 0.814. The van der Waals surface area contributed by atoms with Gasteiger partial charge in [-0.2, -0.15) is 13.7 Å². The Morgan fingerprint density at radius 1 is 1.39 bits per heavy atom. The maximum atomic E-state index is 10.3. The maximum Gasteiger partial charge on any atom is 0.403 e. The van der Waals surface area contributed by atoms with E-state index in [0.29, 0.717) is 0 Å². The van der Waals surface area contributed by atoms with Crippen LogP contribution in [-0.2, 0) is 10.4 Å². The van der Waals surface area contributed by atoms with Gasteiger partial charge in [-0.3, -0.25) is 19.2 Å². The summed E-state index contributed by atoms with van der Waals surface area (Å²) in [7, 11) is -4.67. The molecule has 18 heavy (non-hydrogen) atoms. The number of non-ortho nitro benzene ring substituents is 1. The second-order valence-electron chi connectivity index (χ2n) is 2.62. The maximum absolute atomic E-state index is 10.3. The Labute approximate surface area is 100 Å². The number of diazo groups is 1. The van der Waals surface area contributed by atoms with E-state index in [9.17, 15) is 10.1 Å². The first kappa shape index (κ1) is 15.4. The summed E-state index contributed by atoms with van der Waals surface area (Å²) in [5.74, 6) is 0. The molecule has 1 aromatic rings. The van der Waals surface area contributed by atoms with Gasteiger partial charge < -0.3 is 0 Å². The van der Waals surface area contributed by atoms with Crippen LogP contribution in [0.1, 0.15) is 5.56 Å². The standard InChI is InChI=1S/C7H3N4O2.H2O4S/c8-4-5-3-6(11(12)13)1-2-7(5)10-9;1-5(2,3)4/h1-3H;(H2,1,2,3,4)/q+1;. The lowest BCUT2D eigenvalue weighted by Gasteiger charge is -1.87. The first-order valence-electron chi connectivity index (χ1n) is 3.92. The molecule has 0 unspecified atom stereocenters. The molecule has 94 valence electrons. The molecule has 0 aliphatic carbocycles. The topological polar surface area (TPSA) is 170 Å². The molecule has 0 saturated carbocycles. The molecule has 2 N–H and O–H groups in total. The summed E-state index contributed by atoms with van der Waals surface area (Å²) < 4.78 is 31.6. The largest absolute Gasteiger partial charge is 0.403 e. The van der Waals surface area contributed by atoms with Crippen LogP contribution in [0.15, 0.2) is 18.2 Å². The van der Waals surface area contributed by atoms with Crippen LogP contribution in [0.25, 0.3) is 4.98 Å². The molecule has 11 heteroatoms. The molecule has 0 atom stereocenters. The van der Waals surface area contributed by atoms with Crippen molar-refractivity contribution in [1.82, 2.24) is 0 Å². The molecular formula is C7H5N4O6S+. The van der Waals surface area contributed by atoms with Crippen LogP contribution >= 0.6 is 0 Å². The molecule has 0 saturated heterocycles. The van der Waals surface area contributed by atoms with Gasteiger partial charge in [0.05, 0.1) is 4.92 Å². The van der Waals surface area contributed by atoms with Crippen molar-refractivity contribution < 1.29 is 22.4 Å². The van der Waals surface area contributed by atoms with Gasteiger partial charge in [-0.05, 0) is 0 Å². The van der Waals surface area contributed by atoms with Gasteiger partial charge >= 0.3 is 16.1 Å². The summed E-state index contributed by atoms with van der Waals surface area (Å²) in [6.45, 7) is 0. The third kappa shape index (κ3) is 6.09. The monoisotopic (exact) mass is 273 g/mol. The van der Waals surface area contributed by atoms with Gasteiger partial charge in [0.25, 0.3) is 5.69 Å². The number of hydrogen-bond donors (Lipinski definition) is 2. The number of nitrogens with zero attached hydrogens (tertiary/aromatic N) is 4. The lowest BCUT2D eigenvalue weighted by Crippen LogP contribution is -1.89. The molecule has 0 aliphatic rings. The number of nitro benzene ring substituents is 1. The van der Waals surface area contributed by atoms with Gasteiger partial charge in [-0.1, -0.05) is 0 Å². The Bertz CT molecular complexity index is 633. The van der Waals surface area contributed by atoms with Crippen molar-refractivity contribution in [2.45, 2.75) is 0 Å². The molecule has 1 aromatic carbocycles. The summed E-state index contributed by atoms with van der Waals surface area (Å²) in [5.41, 5.74) is -0.214. The Kier molecular flexibility index (Phi) is 5.32. The highest BCUT2D eigenvalue weighted by atomic mass is 32.3. The Morgan fingerprint density at radius 3 is 2.22 bits per heavy atom. The molecule has 0 amide bonds. The van der Waals surface area contributed by atoms with Crippen LogP contribution in [0.5, 0.6) is 0 Å². The Hall–Kier alpha value is -2.60. The van der Waals surface area contributed by atoms with E-state index in [1.54, 1.807) is 6.07 Å². The van der Waals surface area contributed by atoms with Crippen molar-refractivity contribution in [3.05, 3.63) is 38.9 Å². The summed E-state index contributed by atoms with van der Waals surface area (Å²) in [4.78, 5) is 12.4. The van der Waals surface area contributed by atoms with E-state index < -0.39 is 15.3 Å². The van der Waals surface area contributed by atoms with Gasteiger partial charge in [0.1, 0.15) is 6.07 Å². The minimum Gasteiger partial charge on any atom is -0.264 e. The third-order valence-corrected chi connectivity index (χ3v) is 1.42. The highest BCUT2D eigenvalue weighted by molar-refractivity contribution is 7.79. The summed E-state index contributed by atoms with van der Waals surface area (Å²) >= 11 is 0. The second kappa shape index (κ2) is 6.21. The van der Waals surface area contributed by atoms with E-state index in [1.165, 1.54) is 6.07 Å². The molecule has 10 nitrogen and oxygen atoms in total. The van der Waals surface area contributed by atoms with Gasteiger partial charge in [-0.25, -0.2) is 0 Å². The van der Waals surface area contributed by atoms with Crippen molar-refractivity contribution in [3.8, 4) is 6.07 Å². The second-order valence-corrected chi connectivity index (χ2v) is 3.51. The molecule has 0 spiro atoms. The molecule has 0 heterocycles. The van der Waals surface area contributed by atoms with Crippen molar-refractivity contribution in [2.75, 3.05) is 0 Å². The van der Waals surface area contributed by atoms with Crippen LogP contribution < -0.4 is 0 Å². The normalized spacial score (nSPS) is 9.33. The molecule has 0 bridgehead atoms. The fraction of sp³-hybridized carbons (Fsp3) is 0. The number of nitro groups is 1. The van der Waals surface area contributed by atoms with E-state index in [2.05, 4.69) is 4.98 Å². The quantitative estimate of drug-likeness (QED) is 0.333. The molecule has 0 radical (unpaired) electrons. The van der Waals surface area contributed by atoms with Crippen LogP contribution in [0.2, 0.25) is 0 Å². The molecule has 0 aliphatic heterocycles. The van der Waals surface area contributed by atoms with Crippen LogP contribution in [0, 0.1) is 26.8 Å². The zero-order valence-corrected chi connectivity index (χ0v) is 9.27. The summed E-state index contributed by atoms with van der Waals surface area (Å²) in [5, 5.41) is 27.2. The fourth-order valence-corrected chi connectivity index (χ4v) is 0.814. The smallest absolute Gasteiger partial charge is 0.264 e. The van der Waals surface area contributed by atoms with E-state index in [-0.39, 0.29) is 16.9 Å². The molecular weight excluding hydrogens is 268 g/mol. The van der Waals surface area contributed by atoms with Gasteiger partial charge in [0, 0.05) is 18.2 Å². The highest BCUT2D eigenvalue weighted by Gasteiger charge is 2.17. The number of rotatable bonds is 1. The van der Waals surface area contributed by atoms with Crippen molar-refractivity contribution in [3.63, 3.8) is 0 Å². The van der Waals surface area contributed by atoms with E-state index in [1.807, 2.05) is 0 Å². The van der Waals surface area contributed by atoms with Crippen molar-refractivity contribution >= 4 is 21.8 Å². The minimum absolute atomic E-state index is 0.0214. The van der Waals surface area contributed by atoms with E-state index in [4.69, 9.17) is 28.2 Å². The Morgan fingerprint density at radius 2 is 1.89 bits per heavy atom. The number of nitriles is 1. The summed E-state index contributed by atoms with van der Waals surface area (Å²) in [6.07, 6.45) is 0. The summed E-state index contributed by atoms with van der Waals surface area (Å²) in [6, 6.07) is 5.10. The molecule has 1 rings (SSSR count). The minimum atomic E-state index is -4.67. The SMILES string of the molecule is N#Cc1cc([N+](=O)[O-])ccc1[N+]#N.O=S(=O)(O)O. The van der Waals surface area contributed by atoms with Gasteiger partial charge in [-0.15, -0.1) is 0 Å².